The van der Waals surface area contributed by atoms with Crippen LogP contribution in [-0.4, -0.2) is 63.8 Å². The fourth-order valence-corrected chi connectivity index (χ4v) is 3.92. The van der Waals surface area contributed by atoms with Crippen molar-refractivity contribution in [1.29, 1.82) is 0 Å². The van der Waals surface area contributed by atoms with Crippen molar-refractivity contribution in [2.45, 2.75) is 19.3 Å². The lowest BCUT2D eigenvalue weighted by atomic mass is 9.90. The van der Waals surface area contributed by atoms with E-state index in [1.807, 2.05) is 31.7 Å². The molecule has 0 spiro atoms. The minimum atomic E-state index is 0.131. The van der Waals surface area contributed by atoms with Gasteiger partial charge < -0.3 is 9.64 Å². The molecule has 0 N–H and O–H groups in total. The number of piperidine rings is 1. The molecule has 4 heterocycles. The van der Waals surface area contributed by atoms with Gasteiger partial charge in [-0.3, -0.25) is 19.4 Å². The molecule has 1 aliphatic rings. The van der Waals surface area contributed by atoms with Gasteiger partial charge in [0.15, 0.2) is 0 Å². The summed E-state index contributed by atoms with van der Waals surface area (Å²) in [7, 11) is 3.62. The standard InChI is InChI=1S/C22H27N5O2/c1-26-15-19(13-25-26)18-9-17-10-20(23-14-21(17)24-12-18)11-22(28)16-3-5-27(6-4-16)7-8-29-2/h9-10,12-16H,3-8,11H2,1-2H3. The predicted molar refractivity (Wildman–Crippen MR) is 111 cm³/mol. The van der Waals surface area contributed by atoms with E-state index >= 15 is 0 Å². The summed E-state index contributed by atoms with van der Waals surface area (Å²) in [5.74, 6) is 0.422. The number of fused-ring (bicyclic) bond motifs is 1. The summed E-state index contributed by atoms with van der Waals surface area (Å²) in [5, 5.41) is 5.22. The highest BCUT2D eigenvalue weighted by Gasteiger charge is 2.25. The fraction of sp³-hybridized carbons (Fsp3) is 0.455. The maximum atomic E-state index is 12.8. The summed E-state index contributed by atoms with van der Waals surface area (Å²) in [6.07, 6.45) is 9.62. The molecule has 7 nitrogen and oxygen atoms in total. The van der Waals surface area contributed by atoms with Crippen molar-refractivity contribution in [3.63, 3.8) is 0 Å². The number of nitrogens with zero attached hydrogens (tertiary/aromatic N) is 5. The van der Waals surface area contributed by atoms with E-state index < -0.39 is 0 Å². The summed E-state index contributed by atoms with van der Waals surface area (Å²) in [4.78, 5) is 24.2. The number of Topliss-reactive ketones (excluding diaryl/α,β-unsaturated/α-hetero) is 1. The van der Waals surface area contributed by atoms with Gasteiger partial charge in [-0.05, 0) is 38.1 Å². The minimum absolute atomic E-state index is 0.131. The number of carbonyl (C=O) groups excluding carboxylic acids is 1. The van der Waals surface area contributed by atoms with Gasteiger partial charge in [0, 0.05) is 67.6 Å². The monoisotopic (exact) mass is 393 g/mol. The van der Waals surface area contributed by atoms with Gasteiger partial charge in [0.2, 0.25) is 0 Å². The summed E-state index contributed by atoms with van der Waals surface area (Å²) in [6.45, 7) is 3.61. The Balaban J connectivity index is 1.43. The van der Waals surface area contributed by atoms with Crippen molar-refractivity contribution in [2.24, 2.45) is 13.0 Å². The van der Waals surface area contributed by atoms with E-state index in [4.69, 9.17) is 4.74 Å². The Morgan fingerprint density at radius 1 is 1.14 bits per heavy atom. The van der Waals surface area contributed by atoms with E-state index in [0.717, 1.165) is 66.8 Å². The van der Waals surface area contributed by atoms with Crippen molar-refractivity contribution < 1.29 is 9.53 Å². The second-order valence-corrected chi connectivity index (χ2v) is 7.75. The predicted octanol–water partition coefficient (Wildman–Crippen LogP) is 2.50. The number of aromatic nitrogens is 4. The number of carbonyl (C=O) groups is 1. The molecule has 0 aliphatic carbocycles. The Labute approximate surface area is 170 Å². The molecule has 1 fully saturated rings. The van der Waals surface area contributed by atoms with Crippen LogP contribution in [0.5, 0.6) is 0 Å². The molecule has 0 amide bonds. The number of methoxy groups -OCH3 is 1. The largest absolute Gasteiger partial charge is 0.383 e. The highest BCUT2D eigenvalue weighted by atomic mass is 16.5. The van der Waals surface area contributed by atoms with Gasteiger partial charge in [-0.2, -0.15) is 5.10 Å². The Kier molecular flexibility index (Phi) is 5.97. The number of ether oxygens (including phenoxy) is 1. The first-order chi connectivity index (χ1) is 14.1. The first-order valence-electron chi connectivity index (χ1n) is 10.1. The topological polar surface area (TPSA) is 73.1 Å². The van der Waals surface area contributed by atoms with Crippen LogP contribution >= 0.6 is 0 Å². The Bertz CT molecular complexity index is 992. The molecule has 0 radical (unpaired) electrons. The average Bonchev–Trinajstić information content (AvgIpc) is 3.18. The van der Waals surface area contributed by atoms with Crippen molar-refractivity contribution in [3.05, 3.63) is 42.6 Å². The number of aryl methyl sites for hydroxylation is 1. The van der Waals surface area contributed by atoms with E-state index in [-0.39, 0.29) is 5.92 Å². The molecule has 3 aromatic rings. The normalized spacial score (nSPS) is 15.8. The summed E-state index contributed by atoms with van der Waals surface area (Å²) >= 11 is 0. The lowest BCUT2D eigenvalue weighted by Gasteiger charge is -2.30. The van der Waals surface area contributed by atoms with Gasteiger partial charge >= 0.3 is 0 Å². The first kappa shape index (κ1) is 19.7. The number of hydrogen-bond donors (Lipinski definition) is 0. The molecule has 29 heavy (non-hydrogen) atoms. The van der Waals surface area contributed by atoms with Crippen LogP contribution < -0.4 is 0 Å². The molecule has 0 saturated carbocycles. The highest BCUT2D eigenvalue weighted by Crippen LogP contribution is 2.24. The molecule has 0 atom stereocenters. The highest BCUT2D eigenvalue weighted by molar-refractivity contribution is 5.86. The zero-order valence-electron chi connectivity index (χ0n) is 17.0. The van der Waals surface area contributed by atoms with Gasteiger partial charge in [0.25, 0.3) is 0 Å². The van der Waals surface area contributed by atoms with Crippen molar-refractivity contribution in [1.82, 2.24) is 24.6 Å². The van der Waals surface area contributed by atoms with Gasteiger partial charge in [-0.15, -0.1) is 0 Å². The smallest absolute Gasteiger partial charge is 0.142 e. The molecule has 3 aromatic heterocycles. The molecule has 152 valence electrons. The quantitative estimate of drug-likeness (QED) is 0.614. The van der Waals surface area contributed by atoms with Crippen LogP contribution in [0, 0.1) is 5.92 Å². The number of likely N-dealkylation sites (tertiary alicyclic amines) is 1. The van der Waals surface area contributed by atoms with Crippen molar-refractivity contribution in [3.8, 4) is 11.1 Å². The number of rotatable bonds is 7. The SMILES string of the molecule is COCCN1CCC(C(=O)Cc2cc3cc(-c4cnn(C)c4)cnc3cn2)CC1. The van der Waals surface area contributed by atoms with Gasteiger partial charge in [0.1, 0.15) is 5.78 Å². The zero-order chi connectivity index (χ0) is 20.2. The molecule has 1 aliphatic heterocycles. The molecule has 0 bridgehead atoms. The third kappa shape index (κ3) is 4.68. The van der Waals surface area contributed by atoms with E-state index in [2.05, 4.69) is 26.0 Å². The van der Waals surface area contributed by atoms with E-state index in [9.17, 15) is 4.79 Å². The third-order valence-electron chi connectivity index (χ3n) is 5.67. The Hall–Kier alpha value is -2.64. The maximum absolute atomic E-state index is 12.8. The second kappa shape index (κ2) is 8.80. The third-order valence-corrected chi connectivity index (χ3v) is 5.67. The summed E-state index contributed by atoms with van der Waals surface area (Å²) in [6, 6.07) is 4.08. The number of pyridine rings is 2. The van der Waals surface area contributed by atoms with Crippen LogP contribution in [0.4, 0.5) is 0 Å². The van der Waals surface area contributed by atoms with Crippen LogP contribution in [0.1, 0.15) is 18.5 Å². The molecule has 4 rings (SSSR count). The second-order valence-electron chi connectivity index (χ2n) is 7.75. The maximum Gasteiger partial charge on any atom is 0.142 e. The molecule has 1 saturated heterocycles. The van der Waals surface area contributed by atoms with Crippen LogP contribution in [0.2, 0.25) is 0 Å². The van der Waals surface area contributed by atoms with Crippen LogP contribution in [0.25, 0.3) is 22.0 Å². The van der Waals surface area contributed by atoms with E-state index in [0.29, 0.717) is 12.2 Å². The molecule has 7 heteroatoms. The zero-order valence-corrected chi connectivity index (χ0v) is 17.0. The van der Waals surface area contributed by atoms with Crippen molar-refractivity contribution >= 4 is 16.7 Å². The van der Waals surface area contributed by atoms with Crippen LogP contribution in [0.3, 0.4) is 0 Å². The van der Waals surface area contributed by atoms with Gasteiger partial charge in [-0.1, -0.05) is 0 Å². The lowest BCUT2D eigenvalue weighted by molar-refractivity contribution is -0.123. The summed E-state index contributed by atoms with van der Waals surface area (Å²) < 4.78 is 6.92. The first-order valence-corrected chi connectivity index (χ1v) is 10.1. The Morgan fingerprint density at radius 3 is 2.69 bits per heavy atom. The van der Waals surface area contributed by atoms with E-state index in [1.54, 1.807) is 18.0 Å². The fourth-order valence-electron chi connectivity index (χ4n) is 3.92. The molecule has 0 aromatic carbocycles. The molecular weight excluding hydrogens is 366 g/mol. The van der Waals surface area contributed by atoms with Gasteiger partial charge in [0.05, 0.1) is 24.5 Å². The van der Waals surface area contributed by atoms with Crippen molar-refractivity contribution in [2.75, 3.05) is 33.4 Å². The van der Waals surface area contributed by atoms with E-state index in [1.165, 1.54) is 0 Å². The average molecular weight is 393 g/mol. The van der Waals surface area contributed by atoms with Crippen LogP contribution in [-0.2, 0) is 23.0 Å². The minimum Gasteiger partial charge on any atom is -0.383 e. The summed E-state index contributed by atoms with van der Waals surface area (Å²) in [5.41, 5.74) is 3.68. The van der Waals surface area contributed by atoms with Crippen LogP contribution in [0.15, 0.2) is 36.9 Å². The lowest BCUT2D eigenvalue weighted by Crippen LogP contribution is -2.38. The Morgan fingerprint density at radius 2 is 1.97 bits per heavy atom. The van der Waals surface area contributed by atoms with Gasteiger partial charge in [-0.25, -0.2) is 0 Å². The molecule has 0 unspecified atom stereocenters. The number of ketones is 1. The molecular formula is C22H27N5O2. The number of hydrogen-bond acceptors (Lipinski definition) is 6.